The number of Topliss-reactive ketones (excluding diaryl/α,β-unsaturated/α-hetero) is 2. The SMILES string of the molecule is CCCC1/C=C(\C)CC(C)CC(OC)C2OC(O)(C(=O)C(=O)N3CCCCC3C(=O)OC(C(C)=CC3CCC(O[Si](C(C)C)(C(C)C)C(C)C)C(OC)C3)C(C)C(O[Si](C(C)C)(C(C)C)C(C)C)CC1=O)C(C)CC2OC. The van der Waals surface area contributed by atoms with E-state index in [0.29, 0.717) is 48.7 Å². The van der Waals surface area contributed by atoms with E-state index in [2.05, 4.69) is 123 Å². The van der Waals surface area contributed by atoms with Crippen LogP contribution in [0.4, 0.5) is 0 Å². The van der Waals surface area contributed by atoms with E-state index in [1.807, 2.05) is 6.92 Å². The highest BCUT2D eigenvalue weighted by molar-refractivity contribution is 6.78. The monoisotopic (exact) mass is 1120 g/mol. The number of carbonyl (C=O) groups excluding carboxylic acids is 4. The van der Waals surface area contributed by atoms with E-state index in [9.17, 15) is 14.7 Å². The number of fused-ring (bicyclic) bond motifs is 3. The van der Waals surface area contributed by atoms with E-state index in [4.69, 9.17) is 32.5 Å². The van der Waals surface area contributed by atoms with Crippen molar-refractivity contribution in [3.8, 4) is 0 Å². The molecule has 1 amide bonds. The van der Waals surface area contributed by atoms with Crippen molar-refractivity contribution in [2.24, 2.45) is 29.6 Å². The Hall–Kier alpha value is -2.09. The van der Waals surface area contributed by atoms with Gasteiger partial charge < -0.3 is 42.5 Å². The summed E-state index contributed by atoms with van der Waals surface area (Å²) < 4.78 is 46.8. The lowest BCUT2D eigenvalue weighted by Gasteiger charge is -2.48. The number of amides is 1. The number of ether oxygens (including phenoxy) is 5. The number of hydrogen-bond donors (Lipinski definition) is 1. The minimum atomic E-state index is -2.68. The number of allylic oxidation sites excluding steroid dienone is 3. The summed E-state index contributed by atoms with van der Waals surface area (Å²) >= 11 is 0. The number of hydrogen-bond acceptors (Lipinski definition) is 12. The number of carbonyl (C=O) groups is 4. The second kappa shape index (κ2) is 29.2. The van der Waals surface area contributed by atoms with Gasteiger partial charge in [0.05, 0.1) is 30.5 Å². The van der Waals surface area contributed by atoms with Crippen molar-refractivity contribution in [1.29, 1.82) is 0 Å². The minimum Gasteiger partial charge on any atom is -0.456 e. The Labute approximate surface area is 470 Å². The molecule has 1 N–H and O–H groups in total. The summed E-state index contributed by atoms with van der Waals surface area (Å²) in [7, 11) is 0.0388. The average Bonchev–Trinajstić information content (AvgIpc) is 3.36. The Morgan fingerprint density at radius 1 is 0.727 bits per heavy atom. The second-order valence-electron chi connectivity index (χ2n) is 26.3. The van der Waals surface area contributed by atoms with Gasteiger partial charge in [0.15, 0.2) is 0 Å². The first-order valence-electron chi connectivity index (χ1n) is 30.3. The number of ketones is 2. The molecule has 444 valence electrons. The molecule has 13 nitrogen and oxygen atoms in total. The van der Waals surface area contributed by atoms with Gasteiger partial charge in [0.2, 0.25) is 22.4 Å². The molecule has 14 unspecified atom stereocenters. The van der Waals surface area contributed by atoms with E-state index in [-0.39, 0.29) is 78.2 Å². The van der Waals surface area contributed by atoms with Crippen LogP contribution in [0.25, 0.3) is 0 Å². The maximum absolute atomic E-state index is 15.3. The molecule has 0 aromatic heterocycles. The van der Waals surface area contributed by atoms with Crippen LogP contribution in [0.3, 0.4) is 0 Å². The van der Waals surface area contributed by atoms with Crippen molar-refractivity contribution < 1.29 is 56.8 Å². The molecule has 2 saturated heterocycles. The predicted molar refractivity (Wildman–Crippen MR) is 313 cm³/mol. The standard InChI is InChI=1S/C62H111NO12Si2/c1-22-25-49-31-43(14)30-44(15)32-55(70-20)58-56(71-21)34-46(17)62(68,73-58)59(65)60(66)63-29-24-23-26-50(63)61(67)72-57(47(18)53(36-51(49)64)75-77(40(8)9,41(10)11)42(12)13)45(16)33-48-27-28-52(54(35-48)69-19)74-76(37(2)3,38(4)5)39(6)7/h31,33,37-42,44,46-50,52-58,68H,22-30,32,34-36H2,1-21H3/b43-31+,45-33?. The van der Waals surface area contributed by atoms with Gasteiger partial charge >= 0.3 is 5.97 Å². The highest BCUT2D eigenvalue weighted by Gasteiger charge is 2.57. The van der Waals surface area contributed by atoms with E-state index in [1.54, 1.807) is 28.3 Å². The van der Waals surface area contributed by atoms with Gasteiger partial charge in [0.25, 0.3) is 11.7 Å². The van der Waals surface area contributed by atoms with Gasteiger partial charge in [-0.15, -0.1) is 0 Å². The fraction of sp³-hybridized carbons (Fsp3) is 0.871. The third kappa shape index (κ3) is 15.3. The van der Waals surface area contributed by atoms with Crippen molar-refractivity contribution in [1.82, 2.24) is 4.90 Å². The zero-order valence-corrected chi connectivity index (χ0v) is 54.2. The lowest BCUT2D eigenvalue weighted by atomic mass is 9.81. The van der Waals surface area contributed by atoms with Crippen LogP contribution in [0.15, 0.2) is 23.3 Å². The molecule has 3 aliphatic heterocycles. The highest BCUT2D eigenvalue weighted by Crippen LogP contribution is 2.48. The molecular weight excluding hydrogens is 1010 g/mol. The van der Waals surface area contributed by atoms with E-state index < -0.39 is 88.5 Å². The number of methoxy groups -OCH3 is 3. The Morgan fingerprint density at radius 3 is 1.78 bits per heavy atom. The quantitative estimate of drug-likeness (QED) is 0.0637. The summed E-state index contributed by atoms with van der Waals surface area (Å²) in [5.74, 6) is -6.69. The Bertz CT molecular complexity index is 1940. The molecule has 3 heterocycles. The van der Waals surface area contributed by atoms with Crippen LogP contribution in [0.5, 0.6) is 0 Å². The van der Waals surface area contributed by atoms with Crippen molar-refractivity contribution in [3.05, 3.63) is 23.3 Å². The molecule has 1 saturated carbocycles. The van der Waals surface area contributed by atoms with Gasteiger partial charge in [-0.3, -0.25) is 14.4 Å². The second-order valence-corrected chi connectivity index (χ2v) is 37.2. The Kier molecular flexibility index (Phi) is 25.6. The average molecular weight is 1120 g/mol. The summed E-state index contributed by atoms with van der Waals surface area (Å²) in [6.45, 7) is 39.6. The normalized spacial score (nSPS) is 34.4. The van der Waals surface area contributed by atoms with Crippen LogP contribution < -0.4 is 0 Å². The van der Waals surface area contributed by atoms with Crippen LogP contribution in [-0.2, 0) is 51.7 Å². The molecular formula is C62H111NO12Si2. The summed E-state index contributed by atoms with van der Waals surface area (Å²) in [6.07, 6.45) is 7.63. The molecule has 4 aliphatic rings. The van der Waals surface area contributed by atoms with Gasteiger partial charge in [-0.2, -0.15) is 0 Å². The lowest BCUT2D eigenvalue weighted by molar-refractivity contribution is -0.302. The van der Waals surface area contributed by atoms with Crippen LogP contribution >= 0.6 is 0 Å². The molecule has 0 spiro atoms. The highest BCUT2D eigenvalue weighted by atomic mass is 28.4. The molecule has 2 bridgehead atoms. The van der Waals surface area contributed by atoms with Crippen LogP contribution in [-0.4, -0.2) is 133 Å². The number of nitrogens with zero attached hydrogens (tertiary/aromatic N) is 1. The maximum atomic E-state index is 15.3. The molecule has 3 fully saturated rings. The van der Waals surface area contributed by atoms with Crippen LogP contribution in [0.2, 0.25) is 33.2 Å². The molecule has 0 aromatic rings. The summed E-state index contributed by atoms with van der Waals surface area (Å²) in [5.41, 5.74) is 3.85. The molecule has 4 rings (SSSR count). The molecule has 1 aliphatic carbocycles. The molecule has 14 atom stereocenters. The Morgan fingerprint density at radius 2 is 1.26 bits per heavy atom. The smallest absolute Gasteiger partial charge is 0.329 e. The molecule has 15 heteroatoms. The van der Waals surface area contributed by atoms with E-state index in [1.165, 1.54) is 4.90 Å². The van der Waals surface area contributed by atoms with Crippen molar-refractivity contribution in [2.45, 2.75) is 289 Å². The third-order valence-electron chi connectivity index (χ3n) is 19.1. The summed E-state index contributed by atoms with van der Waals surface area (Å²) in [6, 6.07) is -1.11. The van der Waals surface area contributed by atoms with Crippen molar-refractivity contribution >= 4 is 40.1 Å². The minimum absolute atomic E-state index is 0.0389. The van der Waals surface area contributed by atoms with Crippen molar-refractivity contribution in [3.63, 3.8) is 0 Å². The van der Waals surface area contributed by atoms with Gasteiger partial charge in [-0.1, -0.05) is 135 Å². The largest absolute Gasteiger partial charge is 0.456 e. The molecule has 0 radical (unpaired) electrons. The van der Waals surface area contributed by atoms with Gasteiger partial charge in [-0.05, 0) is 129 Å². The maximum Gasteiger partial charge on any atom is 0.329 e. The summed E-state index contributed by atoms with van der Waals surface area (Å²) in [5, 5.41) is 12.4. The number of rotatable bonds is 17. The number of aliphatic hydroxyl groups is 1. The number of esters is 1. The zero-order valence-electron chi connectivity index (χ0n) is 52.2. The topological polar surface area (TPSA) is 156 Å². The summed E-state index contributed by atoms with van der Waals surface area (Å²) in [4.78, 5) is 61.4. The Balaban J connectivity index is 1.95. The van der Waals surface area contributed by atoms with Crippen molar-refractivity contribution in [2.75, 3.05) is 27.9 Å². The first-order valence-corrected chi connectivity index (χ1v) is 34.6. The van der Waals surface area contributed by atoms with Crippen LogP contribution in [0.1, 0.15) is 202 Å². The third-order valence-corrected chi connectivity index (χ3v) is 31.4. The first-order chi connectivity index (χ1) is 36.0. The van der Waals surface area contributed by atoms with E-state index >= 15 is 9.59 Å². The molecule has 0 aromatic carbocycles. The number of cyclic esters (lactones) is 1. The molecule has 77 heavy (non-hydrogen) atoms. The van der Waals surface area contributed by atoms with Gasteiger partial charge in [0, 0.05) is 52.0 Å². The predicted octanol–water partition coefficient (Wildman–Crippen LogP) is 13.3. The number of piperidine rings is 1. The fourth-order valence-corrected chi connectivity index (χ4v) is 26.4. The first kappa shape index (κ1) is 67.4. The van der Waals surface area contributed by atoms with Gasteiger partial charge in [0.1, 0.15) is 24.0 Å². The van der Waals surface area contributed by atoms with Gasteiger partial charge in [-0.25, -0.2) is 4.79 Å². The lowest BCUT2D eigenvalue weighted by Crippen LogP contribution is -2.64. The van der Waals surface area contributed by atoms with Crippen LogP contribution in [0, 0.1) is 29.6 Å². The fourth-order valence-electron chi connectivity index (χ4n) is 15.2. The van der Waals surface area contributed by atoms with E-state index in [0.717, 1.165) is 36.8 Å². The zero-order chi connectivity index (χ0) is 58.1.